The molecule has 0 aromatic carbocycles. The molecule has 9 nitrogen and oxygen atoms in total. The van der Waals surface area contributed by atoms with Crippen molar-refractivity contribution in [2.45, 2.75) is 24.3 Å². The second kappa shape index (κ2) is 6.34. The first-order valence-corrected chi connectivity index (χ1v) is 10.1. The fourth-order valence-electron chi connectivity index (χ4n) is 3.46. The van der Waals surface area contributed by atoms with Gasteiger partial charge >= 0.3 is 0 Å². The molecule has 2 saturated heterocycles. The third-order valence-corrected chi connectivity index (χ3v) is 7.10. The van der Waals surface area contributed by atoms with Crippen molar-refractivity contribution in [1.29, 1.82) is 0 Å². The minimum Gasteiger partial charge on any atom is -0.369 e. The number of rotatable bonds is 3. The van der Waals surface area contributed by atoms with Crippen LogP contribution in [0.4, 0.5) is 4.39 Å². The lowest BCUT2D eigenvalue weighted by atomic mass is 9.95. The summed E-state index contributed by atoms with van der Waals surface area (Å²) < 4.78 is 45.4. The molecule has 2 fully saturated rings. The summed E-state index contributed by atoms with van der Waals surface area (Å²) in [6.07, 6.45) is 5.13. The maximum absolute atomic E-state index is 13.0. The Morgan fingerprint density at radius 1 is 1.37 bits per heavy atom. The molecule has 0 radical (unpaired) electrons. The number of aryl methyl sites for hydroxylation is 1. The summed E-state index contributed by atoms with van der Waals surface area (Å²) >= 11 is 0. The first-order valence-electron chi connectivity index (χ1n) is 8.38. The van der Waals surface area contributed by atoms with Crippen molar-refractivity contribution in [3.63, 3.8) is 0 Å². The van der Waals surface area contributed by atoms with Crippen LogP contribution >= 0.6 is 0 Å². The first kappa shape index (κ1) is 18.0. The number of sulfone groups is 1. The molecule has 2 aromatic rings. The van der Waals surface area contributed by atoms with E-state index in [2.05, 4.69) is 15.1 Å². The fraction of sp³-hybridized carbons (Fsp3) is 0.500. The van der Waals surface area contributed by atoms with E-state index >= 15 is 0 Å². The van der Waals surface area contributed by atoms with Gasteiger partial charge in [0.2, 0.25) is 0 Å². The zero-order chi connectivity index (χ0) is 19.2. The molecular formula is C16H18FN5O4S. The minimum absolute atomic E-state index is 0.0178. The number of hydrogen-bond donors (Lipinski definition) is 0. The molecule has 1 spiro atoms. The summed E-state index contributed by atoms with van der Waals surface area (Å²) in [5.74, 6) is -0.994. The average Bonchev–Trinajstić information content (AvgIpc) is 2.99. The molecule has 0 saturated carbocycles. The van der Waals surface area contributed by atoms with Gasteiger partial charge in [-0.15, -0.1) is 0 Å². The van der Waals surface area contributed by atoms with Gasteiger partial charge in [-0.05, 0) is 6.92 Å². The molecule has 0 bridgehead atoms. The van der Waals surface area contributed by atoms with Crippen LogP contribution < -0.4 is 0 Å². The Bertz CT molecular complexity index is 986. The fourth-order valence-corrected chi connectivity index (χ4v) is 5.35. The monoisotopic (exact) mass is 395 g/mol. The summed E-state index contributed by atoms with van der Waals surface area (Å²) in [5.41, 5.74) is -0.118. The molecular weight excluding hydrogens is 377 g/mol. The van der Waals surface area contributed by atoms with Crippen molar-refractivity contribution in [2.24, 2.45) is 0 Å². The van der Waals surface area contributed by atoms with Crippen molar-refractivity contribution in [1.82, 2.24) is 24.6 Å². The van der Waals surface area contributed by atoms with E-state index in [-0.39, 0.29) is 43.6 Å². The molecule has 144 valence electrons. The number of amides is 1. The Kier molecular flexibility index (Phi) is 4.22. The predicted octanol–water partition coefficient (Wildman–Crippen LogP) is -0.171. The van der Waals surface area contributed by atoms with Crippen LogP contribution in [0.1, 0.15) is 16.2 Å². The molecule has 2 aliphatic rings. The lowest BCUT2D eigenvalue weighted by Crippen LogP contribution is -2.70. The Morgan fingerprint density at radius 3 is 2.74 bits per heavy atom. The maximum atomic E-state index is 13.0. The number of halogens is 1. The number of aromatic nitrogens is 4. The molecule has 0 aliphatic carbocycles. The van der Waals surface area contributed by atoms with E-state index in [0.29, 0.717) is 5.69 Å². The Labute approximate surface area is 155 Å². The predicted molar refractivity (Wildman–Crippen MR) is 91.1 cm³/mol. The van der Waals surface area contributed by atoms with Crippen LogP contribution in [0.25, 0.3) is 0 Å². The zero-order valence-corrected chi connectivity index (χ0v) is 15.4. The largest absolute Gasteiger partial charge is 0.369 e. The highest BCUT2D eigenvalue weighted by molar-refractivity contribution is 7.92. The second-order valence-corrected chi connectivity index (χ2v) is 9.24. The number of nitrogens with zero attached hydrogens (tertiary/aromatic N) is 5. The minimum atomic E-state index is -3.48. The summed E-state index contributed by atoms with van der Waals surface area (Å²) in [6.45, 7) is 2.08. The van der Waals surface area contributed by atoms with Gasteiger partial charge in [0, 0.05) is 12.4 Å². The zero-order valence-electron chi connectivity index (χ0n) is 14.6. The average molecular weight is 395 g/mol. The van der Waals surface area contributed by atoms with Gasteiger partial charge in [-0.3, -0.25) is 14.5 Å². The molecule has 27 heavy (non-hydrogen) atoms. The van der Waals surface area contributed by atoms with Gasteiger partial charge in [-0.25, -0.2) is 17.8 Å². The third kappa shape index (κ3) is 3.32. The number of ether oxygens (including phenoxy) is 1. The van der Waals surface area contributed by atoms with E-state index < -0.39 is 26.5 Å². The number of carbonyl (C=O) groups excluding carboxylic acids is 1. The number of hydrogen-bond acceptors (Lipinski definition) is 7. The molecule has 1 amide bonds. The molecule has 0 N–H and O–H groups in total. The van der Waals surface area contributed by atoms with Crippen LogP contribution in [0.3, 0.4) is 0 Å². The van der Waals surface area contributed by atoms with Crippen LogP contribution in [-0.4, -0.2) is 75.3 Å². The second-order valence-electron chi connectivity index (χ2n) is 6.96. The van der Waals surface area contributed by atoms with E-state index in [1.54, 1.807) is 6.92 Å². The normalized spacial score (nSPS) is 23.2. The summed E-state index contributed by atoms with van der Waals surface area (Å²) in [5, 5.41) is 2.98. The van der Waals surface area contributed by atoms with Crippen LogP contribution in [0, 0.1) is 12.7 Å². The van der Waals surface area contributed by atoms with E-state index in [9.17, 15) is 17.6 Å². The highest BCUT2D eigenvalue weighted by Gasteiger charge is 2.54. The molecule has 0 unspecified atom stereocenters. The summed E-state index contributed by atoms with van der Waals surface area (Å²) in [7, 11) is -3.48. The Morgan fingerprint density at radius 2 is 2.11 bits per heavy atom. The smallest absolute Gasteiger partial charge is 0.274 e. The van der Waals surface area contributed by atoms with E-state index in [1.807, 2.05) is 0 Å². The van der Waals surface area contributed by atoms with Crippen molar-refractivity contribution >= 4 is 15.7 Å². The number of likely N-dealkylation sites (tertiary alicyclic amines) is 1. The quantitative estimate of drug-likeness (QED) is 0.710. The van der Waals surface area contributed by atoms with Crippen molar-refractivity contribution < 1.29 is 22.3 Å². The van der Waals surface area contributed by atoms with Crippen LogP contribution in [0.15, 0.2) is 24.8 Å². The van der Waals surface area contributed by atoms with Crippen LogP contribution in [-0.2, 0) is 21.1 Å². The van der Waals surface area contributed by atoms with E-state index in [0.717, 1.165) is 12.4 Å². The molecule has 2 aromatic heterocycles. The third-order valence-electron chi connectivity index (χ3n) is 4.87. The van der Waals surface area contributed by atoms with Crippen LogP contribution in [0.2, 0.25) is 0 Å². The Hall–Kier alpha value is -2.40. The topological polar surface area (TPSA) is 107 Å². The van der Waals surface area contributed by atoms with Gasteiger partial charge in [0.05, 0.1) is 50.1 Å². The van der Waals surface area contributed by atoms with Crippen molar-refractivity contribution in [2.75, 3.05) is 25.4 Å². The lowest BCUT2D eigenvalue weighted by molar-refractivity contribution is -0.121. The van der Waals surface area contributed by atoms with Crippen LogP contribution in [0.5, 0.6) is 0 Å². The highest BCUT2D eigenvalue weighted by Crippen LogP contribution is 2.33. The lowest BCUT2D eigenvalue weighted by Gasteiger charge is -2.52. The first-order chi connectivity index (χ1) is 12.8. The molecule has 1 atom stereocenters. The van der Waals surface area contributed by atoms with Gasteiger partial charge in [-0.1, -0.05) is 0 Å². The van der Waals surface area contributed by atoms with Gasteiger partial charge in [0.15, 0.2) is 15.7 Å². The van der Waals surface area contributed by atoms with Gasteiger partial charge < -0.3 is 9.64 Å². The van der Waals surface area contributed by atoms with Crippen molar-refractivity contribution in [3.05, 3.63) is 42.0 Å². The number of carbonyl (C=O) groups is 1. The van der Waals surface area contributed by atoms with Gasteiger partial charge in [0.25, 0.3) is 5.91 Å². The Balaban J connectivity index is 1.41. The van der Waals surface area contributed by atoms with Gasteiger partial charge in [-0.2, -0.15) is 5.10 Å². The van der Waals surface area contributed by atoms with E-state index in [1.165, 1.54) is 22.0 Å². The van der Waals surface area contributed by atoms with E-state index in [4.69, 9.17) is 4.74 Å². The SMILES string of the molecule is Cc1nccnc1C(=O)N1CC2(C1)CS(=O)(=O)[C@@H](Cn1cc(F)cn1)CO2. The molecule has 4 rings (SSSR count). The summed E-state index contributed by atoms with van der Waals surface area (Å²) in [4.78, 5) is 22.1. The standard InChI is InChI=1S/C16H18FN5O4S/c1-11-14(19-3-2-18-11)15(23)21-8-16(9-21)10-27(24,25)13(7-26-16)6-22-5-12(17)4-20-22/h2-5,13H,6-10H2,1H3/t13-/m0/s1. The molecule has 2 aliphatic heterocycles. The van der Waals surface area contributed by atoms with Crippen molar-refractivity contribution in [3.8, 4) is 0 Å². The highest BCUT2D eigenvalue weighted by atomic mass is 32.2. The molecule has 11 heteroatoms. The maximum Gasteiger partial charge on any atom is 0.274 e. The summed E-state index contributed by atoms with van der Waals surface area (Å²) in [6, 6.07) is 0. The van der Waals surface area contributed by atoms with Gasteiger partial charge in [0.1, 0.15) is 16.5 Å². The molecule has 4 heterocycles.